The molecule has 1 aliphatic rings. The zero-order chi connectivity index (χ0) is 13.9. The van der Waals surface area contributed by atoms with Gasteiger partial charge in [-0.25, -0.2) is 0 Å². The van der Waals surface area contributed by atoms with Crippen LogP contribution < -0.4 is 4.74 Å². The maximum absolute atomic E-state index is 9.75. The number of benzene rings is 2. The van der Waals surface area contributed by atoms with E-state index in [1.807, 2.05) is 24.3 Å². The van der Waals surface area contributed by atoms with Crippen LogP contribution in [0.25, 0.3) is 0 Å². The van der Waals surface area contributed by atoms with Gasteiger partial charge in [0, 0.05) is 5.56 Å². The second-order valence-corrected chi connectivity index (χ2v) is 5.46. The summed E-state index contributed by atoms with van der Waals surface area (Å²) in [5.74, 6) is 0.767. The molecule has 3 rings (SSSR count). The Morgan fingerprint density at radius 3 is 2.75 bits per heavy atom. The van der Waals surface area contributed by atoms with Gasteiger partial charge < -0.3 is 9.84 Å². The Labute approximate surface area is 120 Å². The highest BCUT2D eigenvalue weighted by Gasteiger charge is 2.12. The molecule has 0 spiro atoms. The number of aliphatic hydroxyl groups excluding tert-OH is 1. The van der Waals surface area contributed by atoms with Crippen LogP contribution in [0.5, 0.6) is 5.75 Å². The smallest absolute Gasteiger partial charge is 0.125 e. The van der Waals surface area contributed by atoms with Gasteiger partial charge in [0.15, 0.2) is 0 Å². The van der Waals surface area contributed by atoms with E-state index in [9.17, 15) is 5.11 Å². The van der Waals surface area contributed by atoms with E-state index >= 15 is 0 Å². The summed E-state index contributed by atoms with van der Waals surface area (Å²) in [6.45, 7) is 2.31. The van der Waals surface area contributed by atoms with Crippen molar-refractivity contribution in [2.75, 3.05) is 0 Å². The van der Waals surface area contributed by atoms with Crippen molar-refractivity contribution in [1.82, 2.24) is 0 Å². The predicted octanol–water partition coefficient (Wildman–Crippen LogP) is 3.81. The molecule has 0 aromatic heterocycles. The Hall–Kier alpha value is -1.80. The fraction of sp³-hybridized carbons (Fsp3) is 0.333. The van der Waals surface area contributed by atoms with Crippen molar-refractivity contribution in [2.45, 2.75) is 38.9 Å². The maximum atomic E-state index is 9.75. The van der Waals surface area contributed by atoms with Crippen molar-refractivity contribution in [3.8, 4) is 5.75 Å². The third kappa shape index (κ3) is 2.70. The molecule has 2 heteroatoms. The van der Waals surface area contributed by atoms with E-state index in [1.54, 1.807) is 6.92 Å². The van der Waals surface area contributed by atoms with Crippen molar-refractivity contribution in [3.63, 3.8) is 0 Å². The first-order valence-corrected chi connectivity index (χ1v) is 7.24. The van der Waals surface area contributed by atoms with Crippen molar-refractivity contribution < 1.29 is 9.84 Å². The van der Waals surface area contributed by atoms with Gasteiger partial charge in [-0.2, -0.15) is 0 Å². The van der Waals surface area contributed by atoms with Crippen LogP contribution in [0, 0.1) is 0 Å². The number of aliphatic hydroxyl groups is 1. The number of para-hydroxylation sites is 1. The van der Waals surface area contributed by atoms with Gasteiger partial charge in [0.25, 0.3) is 0 Å². The molecule has 0 amide bonds. The highest BCUT2D eigenvalue weighted by atomic mass is 16.5. The third-order valence-electron chi connectivity index (χ3n) is 3.93. The molecular weight excluding hydrogens is 248 g/mol. The van der Waals surface area contributed by atoms with Crippen LogP contribution in [-0.4, -0.2) is 5.11 Å². The van der Waals surface area contributed by atoms with E-state index in [4.69, 9.17) is 4.74 Å². The highest BCUT2D eigenvalue weighted by Crippen LogP contribution is 2.27. The summed E-state index contributed by atoms with van der Waals surface area (Å²) in [5.41, 5.74) is 4.99. The molecular formula is C18H20O2. The average Bonchev–Trinajstić information content (AvgIpc) is 2.92. The fourth-order valence-electron chi connectivity index (χ4n) is 2.83. The van der Waals surface area contributed by atoms with Crippen LogP contribution in [0.2, 0.25) is 0 Å². The van der Waals surface area contributed by atoms with Crippen LogP contribution in [-0.2, 0) is 19.4 Å². The van der Waals surface area contributed by atoms with Crippen molar-refractivity contribution in [1.29, 1.82) is 0 Å². The number of fused-ring (bicyclic) bond motifs is 1. The van der Waals surface area contributed by atoms with Crippen LogP contribution >= 0.6 is 0 Å². The number of rotatable bonds is 4. The Kier molecular flexibility index (Phi) is 3.75. The summed E-state index contributed by atoms with van der Waals surface area (Å²) in [7, 11) is 0. The minimum atomic E-state index is -0.508. The monoisotopic (exact) mass is 268 g/mol. The van der Waals surface area contributed by atoms with Crippen LogP contribution in [0.1, 0.15) is 41.7 Å². The fourth-order valence-corrected chi connectivity index (χ4v) is 2.83. The number of hydrogen-bond donors (Lipinski definition) is 1. The summed E-state index contributed by atoms with van der Waals surface area (Å²) in [4.78, 5) is 0. The van der Waals surface area contributed by atoms with Gasteiger partial charge in [0.1, 0.15) is 12.4 Å². The van der Waals surface area contributed by atoms with E-state index in [1.165, 1.54) is 36.0 Å². The maximum Gasteiger partial charge on any atom is 0.125 e. The van der Waals surface area contributed by atoms with Gasteiger partial charge in [-0.05, 0) is 48.9 Å². The molecule has 0 radical (unpaired) electrons. The topological polar surface area (TPSA) is 29.5 Å². The Balaban J connectivity index is 1.74. The Morgan fingerprint density at radius 2 is 1.90 bits per heavy atom. The molecule has 2 aromatic carbocycles. The van der Waals surface area contributed by atoms with Crippen molar-refractivity contribution >= 4 is 0 Å². The number of hydrogen-bond acceptors (Lipinski definition) is 2. The molecule has 0 fully saturated rings. The quantitative estimate of drug-likeness (QED) is 0.913. The van der Waals surface area contributed by atoms with Gasteiger partial charge in [-0.1, -0.05) is 36.4 Å². The number of aryl methyl sites for hydroxylation is 2. The molecule has 20 heavy (non-hydrogen) atoms. The summed E-state index contributed by atoms with van der Waals surface area (Å²) in [6.07, 6.45) is 3.16. The molecule has 2 nitrogen and oxygen atoms in total. The van der Waals surface area contributed by atoms with Gasteiger partial charge in [0.05, 0.1) is 6.10 Å². The second-order valence-electron chi connectivity index (χ2n) is 5.46. The van der Waals surface area contributed by atoms with Crippen LogP contribution in [0.4, 0.5) is 0 Å². The predicted molar refractivity (Wildman–Crippen MR) is 79.9 cm³/mol. The lowest BCUT2D eigenvalue weighted by molar-refractivity contribution is 0.190. The molecule has 0 saturated carbocycles. The largest absolute Gasteiger partial charge is 0.489 e. The zero-order valence-corrected chi connectivity index (χ0v) is 11.8. The molecule has 1 unspecified atom stereocenters. The van der Waals surface area contributed by atoms with Gasteiger partial charge in [0.2, 0.25) is 0 Å². The SMILES string of the molecule is CC(O)c1ccccc1OCc1ccc2c(c1)CCC2. The first-order valence-electron chi connectivity index (χ1n) is 7.24. The number of ether oxygens (including phenoxy) is 1. The van der Waals surface area contributed by atoms with Crippen LogP contribution in [0.3, 0.4) is 0 Å². The summed E-state index contributed by atoms with van der Waals surface area (Å²) < 4.78 is 5.88. The molecule has 0 aliphatic heterocycles. The molecule has 104 valence electrons. The lowest BCUT2D eigenvalue weighted by atomic mass is 10.1. The minimum absolute atomic E-state index is 0.508. The normalized spacial score (nSPS) is 14.9. The molecule has 1 aliphatic carbocycles. The molecule has 0 heterocycles. The Morgan fingerprint density at radius 1 is 1.10 bits per heavy atom. The molecule has 2 aromatic rings. The Bertz CT molecular complexity index is 602. The van der Waals surface area contributed by atoms with E-state index in [0.717, 1.165) is 11.3 Å². The molecule has 1 N–H and O–H groups in total. The van der Waals surface area contributed by atoms with Gasteiger partial charge >= 0.3 is 0 Å². The van der Waals surface area contributed by atoms with E-state index in [0.29, 0.717) is 6.61 Å². The second kappa shape index (κ2) is 5.68. The third-order valence-corrected chi connectivity index (χ3v) is 3.93. The van der Waals surface area contributed by atoms with Crippen molar-refractivity contribution in [3.05, 3.63) is 64.7 Å². The van der Waals surface area contributed by atoms with Crippen molar-refractivity contribution in [2.24, 2.45) is 0 Å². The van der Waals surface area contributed by atoms with Gasteiger partial charge in [-0.3, -0.25) is 0 Å². The van der Waals surface area contributed by atoms with E-state index in [-0.39, 0.29) is 0 Å². The summed E-state index contributed by atoms with van der Waals surface area (Å²) >= 11 is 0. The summed E-state index contributed by atoms with van der Waals surface area (Å²) in [5, 5.41) is 9.75. The molecule has 0 saturated heterocycles. The van der Waals surface area contributed by atoms with E-state index in [2.05, 4.69) is 18.2 Å². The average molecular weight is 268 g/mol. The zero-order valence-electron chi connectivity index (χ0n) is 11.8. The first kappa shape index (κ1) is 13.2. The van der Waals surface area contributed by atoms with Gasteiger partial charge in [-0.15, -0.1) is 0 Å². The lowest BCUT2D eigenvalue weighted by Crippen LogP contribution is -2.01. The first-order chi connectivity index (χ1) is 9.74. The standard InChI is InChI=1S/C18H20O2/c1-13(19)17-7-2-3-8-18(17)20-12-14-9-10-15-5-4-6-16(15)11-14/h2-3,7-11,13,19H,4-6,12H2,1H3. The molecule has 0 bridgehead atoms. The lowest BCUT2D eigenvalue weighted by Gasteiger charge is -2.13. The van der Waals surface area contributed by atoms with Crippen LogP contribution in [0.15, 0.2) is 42.5 Å². The highest BCUT2D eigenvalue weighted by molar-refractivity contribution is 5.37. The van der Waals surface area contributed by atoms with E-state index < -0.39 is 6.10 Å². The molecule has 1 atom stereocenters. The summed E-state index contributed by atoms with van der Waals surface area (Å²) in [6, 6.07) is 14.3. The minimum Gasteiger partial charge on any atom is -0.489 e.